The molecule has 1 aliphatic carbocycles. The van der Waals surface area contributed by atoms with E-state index in [0.717, 1.165) is 10.9 Å². The van der Waals surface area contributed by atoms with E-state index in [1.807, 2.05) is 0 Å². The Morgan fingerprint density at radius 1 is 1.00 bits per heavy atom. The number of hydrogen-bond acceptors (Lipinski definition) is 3. The first-order valence-electron chi connectivity index (χ1n) is 7.78. The van der Waals surface area contributed by atoms with Crippen molar-refractivity contribution in [2.75, 3.05) is 0 Å². The molecule has 2 aromatic carbocycles. The predicted molar refractivity (Wildman–Crippen MR) is 92.0 cm³/mol. The monoisotopic (exact) mass is 302 g/mol. The summed E-state index contributed by atoms with van der Waals surface area (Å²) in [7, 11) is 0. The van der Waals surface area contributed by atoms with Gasteiger partial charge in [-0.15, -0.1) is 10.2 Å². The number of rotatable bonds is 2. The summed E-state index contributed by atoms with van der Waals surface area (Å²) in [5, 5.41) is 17.2. The number of nitrogens with one attached hydrogen (secondary N) is 1. The van der Waals surface area contributed by atoms with Crippen LogP contribution in [0.3, 0.4) is 0 Å². The average Bonchev–Trinajstić information content (AvgIpc) is 3.16. The number of fused-ring (bicyclic) bond motifs is 1. The van der Waals surface area contributed by atoms with Gasteiger partial charge in [0.05, 0.1) is 0 Å². The lowest BCUT2D eigenvalue weighted by Gasteiger charge is -2.20. The maximum Gasteiger partial charge on any atom is 0.205 e. The summed E-state index contributed by atoms with van der Waals surface area (Å²) in [6.45, 7) is 6.58. The van der Waals surface area contributed by atoms with Gasteiger partial charge in [-0.1, -0.05) is 59.2 Å². The van der Waals surface area contributed by atoms with E-state index in [0.29, 0.717) is 5.82 Å². The third kappa shape index (κ3) is 2.10. The lowest BCUT2D eigenvalue weighted by molar-refractivity contribution is 0.881. The normalized spacial score (nSPS) is 17.9. The molecule has 0 bridgehead atoms. The molecule has 23 heavy (non-hydrogen) atoms. The molecule has 1 atom stereocenters. The van der Waals surface area contributed by atoms with Crippen molar-refractivity contribution in [2.24, 2.45) is 0 Å². The van der Waals surface area contributed by atoms with E-state index < -0.39 is 0 Å². The molecule has 4 heteroatoms. The summed E-state index contributed by atoms with van der Waals surface area (Å²) in [6, 6.07) is 12.7. The quantitative estimate of drug-likeness (QED) is 0.763. The van der Waals surface area contributed by atoms with Crippen molar-refractivity contribution in [1.29, 1.82) is 0 Å². The summed E-state index contributed by atoms with van der Waals surface area (Å²) in [5.41, 5.74) is 6.42. The SMILES string of the molecule is CC1=CC(C)=C(C)C1c1ccc2ccccc2c1-c1nn[nH]n1. The molecule has 1 aromatic heterocycles. The third-order valence-corrected chi connectivity index (χ3v) is 4.80. The molecule has 0 radical (unpaired) electrons. The lowest BCUT2D eigenvalue weighted by Crippen LogP contribution is -2.03. The van der Waals surface area contributed by atoms with Gasteiger partial charge in [0.2, 0.25) is 5.82 Å². The number of nitrogens with zero attached hydrogens (tertiary/aromatic N) is 3. The highest BCUT2D eigenvalue weighted by atomic mass is 15.5. The van der Waals surface area contributed by atoms with Gasteiger partial charge in [0.15, 0.2) is 0 Å². The van der Waals surface area contributed by atoms with Gasteiger partial charge in [0.1, 0.15) is 0 Å². The van der Waals surface area contributed by atoms with Gasteiger partial charge in [0.25, 0.3) is 0 Å². The second-order valence-corrected chi connectivity index (χ2v) is 6.17. The molecule has 1 N–H and O–H groups in total. The molecular weight excluding hydrogens is 284 g/mol. The minimum atomic E-state index is 0.285. The van der Waals surface area contributed by atoms with Gasteiger partial charge in [-0.05, 0) is 42.3 Å². The van der Waals surface area contributed by atoms with E-state index in [2.05, 4.69) is 83.9 Å². The standard InChI is InChI=1S/C19H18N4/c1-11-10-12(2)17(13(11)3)16-9-8-14-6-4-5-7-15(14)18(16)19-20-22-23-21-19/h4-10,17H,1-3H3,(H,20,21,22,23). The fourth-order valence-corrected chi connectivity index (χ4v) is 3.63. The van der Waals surface area contributed by atoms with Crippen LogP contribution in [-0.4, -0.2) is 20.6 Å². The predicted octanol–water partition coefficient (Wildman–Crippen LogP) is 4.40. The van der Waals surface area contributed by atoms with Crippen molar-refractivity contribution < 1.29 is 0 Å². The maximum absolute atomic E-state index is 4.26. The van der Waals surface area contributed by atoms with Crippen molar-refractivity contribution in [2.45, 2.75) is 26.7 Å². The second kappa shape index (κ2) is 5.16. The van der Waals surface area contributed by atoms with Crippen molar-refractivity contribution in [3.05, 3.63) is 64.8 Å². The van der Waals surface area contributed by atoms with E-state index >= 15 is 0 Å². The Balaban J connectivity index is 2.05. The van der Waals surface area contributed by atoms with E-state index in [1.165, 1.54) is 27.7 Å². The minimum Gasteiger partial charge on any atom is -0.177 e. The fourth-order valence-electron chi connectivity index (χ4n) is 3.63. The van der Waals surface area contributed by atoms with E-state index in [-0.39, 0.29) is 5.92 Å². The summed E-state index contributed by atoms with van der Waals surface area (Å²) < 4.78 is 0. The van der Waals surface area contributed by atoms with Gasteiger partial charge in [-0.3, -0.25) is 0 Å². The number of aromatic amines is 1. The van der Waals surface area contributed by atoms with E-state index in [4.69, 9.17) is 0 Å². The van der Waals surface area contributed by atoms with Crippen LogP contribution in [0, 0.1) is 0 Å². The van der Waals surface area contributed by atoms with Crippen LogP contribution in [0.5, 0.6) is 0 Å². The molecule has 4 rings (SSSR count). The topological polar surface area (TPSA) is 54.5 Å². The molecule has 0 fully saturated rings. The van der Waals surface area contributed by atoms with Gasteiger partial charge in [-0.2, -0.15) is 5.21 Å². The zero-order valence-electron chi connectivity index (χ0n) is 13.5. The smallest absolute Gasteiger partial charge is 0.177 e. The first-order valence-corrected chi connectivity index (χ1v) is 7.78. The third-order valence-electron chi connectivity index (χ3n) is 4.80. The lowest BCUT2D eigenvalue weighted by atomic mass is 9.84. The van der Waals surface area contributed by atoms with Crippen molar-refractivity contribution in [3.8, 4) is 11.4 Å². The van der Waals surface area contributed by atoms with Crippen molar-refractivity contribution >= 4 is 10.8 Å². The van der Waals surface area contributed by atoms with Crippen LogP contribution in [0.1, 0.15) is 32.3 Å². The van der Waals surface area contributed by atoms with Crippen molar-refractivity contribution in [1.82, 2.24) is 20.6 Å². The Bertz CT molecular complexity index is 949. The zero-order valence-corrected chi connectivity index (χ0v) is 13.5. The number of aromatic nitrogens is 4. The number of hydrogen-bond donors (Lipinski definition) is 1. The fraction of sp³-hybridized carbons (Fsp3) is 0.211. The van der Waals surface area contributed by atoms with E-state index in [1.54, 1.807) is 0 Å². The molecule has 1 unspecified atom stereocenters. The Morgan fingerprint density at radius 3 is 2.52 bits per heavy atom. The summed E-state index contributed by atoms with van der Waals surface area (Å²) >= 11 is 0. The Labute approximate surface area is 134 Å². The molecule has 0 aliphatic heterocycles. The van der Waals surface area contributed by atoms with Crippen LogP contribution in [-0.2, 0) is 0 Å². The molecular formula is C19H18N4. The number of allylic oxidation sites excluding steroid dienone is 4. The average molecular weight is 302 g/mol. The van der Waals surface area contributed by atoms with Crippen LogP contribution in [0.25, 0.3) is 22.2 Å². The summed E-state index contributed by atoms with van der Waals surface area (Å²) in [5.74, 6) is 0.940. The Hall–Kier alpha value is -2.75. The molecule has 0 amide bonds. The van der Waals surface area contributed by atoms with Gasteiger partial charge < -0.3 is 0 Å². The molecule has 0 saturated carbocycles. The minimum absolute atomic E-state index is 0.285. The van der Waals surface area contributed by atoms with Crippen LogP contribution >= 0.6 is 0 Å². The maximum atomic E-state index is 4.26. The Kier molecular flexibility index (Phi) is 3.11. The molecule has 4 nitrogen and oxygen atoms in total. The van der Waals surface area contributed by atoms with Crippen LogP contribution in [0.2, 0.25) is 0 Å². The first-order chi connectivity index (χ1) is 11.2. The van der Waals surface area contributed by atoms with Gasteiger partial charge in [-0.25, -0.2) is 0 Å². The second-order valence-electron chi connectivity index (χ2n) is 6.17. The number of H-pyrrole nitrogens is 1. The van der Waals surface area contributed by atoms with Crippen molar-refractivity contribution in [3.63, 3.8) is 0 Å². The van der Waals surface area contributed by atoms with Gasteiger partial charge >= 0.3 is 0 Å². The molecule has 114 valence electrons. The highest BCUT2D eigenvalue weighted by Crippen LogP contribution is 2.44. The highest BCUT2D eigenvalue weighted by Gasteiger charge is 2.26. The van der Waals surface area contributed by atoms with Crippen LogP contribution in [0.4, 0.5) is 0 Å². The number of benzene rings is 2. The summed E-state index contributed by atoms with van der Waals surface area (Å²) in [4.78, 5) is 0. The molecule has 3 aromatic rings. The first kappa shape index (κ1) is 13.9. The number of tetrazole rings is 1. The van der Waals surface area contributed by atoms with Crippen LogP contribution in [0.15, 0.2) is 59.2 Å². The zero-order chi connectivity index (χ0) is 16.0. The molecule has 0 saturated heterocycles. The van der Waals surface area contributed by atoms with E-state index in [9.17, 15) is 0 Å². The molecule has 0 spiro atoms. The van der Waals surface area contributed by atoms with Crippen LogP contribution < -0.4 is 0 Å². The summed E-state index contributed by atoms with van der Waals surface area (Å²) in [6.07, 6.45) is 2.27. The largest absolute Gasteiger partial charge is 0.205 e. The Morgan fingerprint density at radius 2 is 1.83 bits per heavy atom. The molecule has 1 heterocycles. The molecule has 1 aliphatic rings. The van der Waals surface area contributed by atoms with Gasteiger partial charge in [0, 0.05) is 11.5 Å². The highest BCUT2D eigenvalue weighted by molar-refractivity contribution is 5.97.